The molecule has 0 unspecified atom stereocenters. The normalized spacial score (nSPS) is 15.6. The van der Waals surface area contributed by atoms with Crippen LogP contribution in [0.25, 0.3) is 0 Å². The van der Waals surface area contributed by atoms with Crippen molar-refractivity contribution in [2.75, 3.05) is 13.6 Å². The number of aromatic nitrogens is 1. The summed E-state index contributed by atoms with van der Waals surface area (Å²) in [4.78, 5) is 40.0. The molecule has 2 aromatic rings. The number of rotatable bonds is 7. The van der Waals surface area contributed by atoms with Crippen LogP contribution in [0.5, 0.6) is 5.75 Å². The van der Waals surface area contributed by atoms with Crippen LogP contribution in [0.1, 0.15) is 46.7 Å². The highest BCUT2D eigenvalue weighted by atomic mass is 19.1. The second-order valence-corrected chi connectivity index (χ2v) is 7.72. The lowest BCUT2D eigenvalue weighted by molar-refractivity contribution is 0.0751. The van der Waals surface area contributed by atoms with Crippen LogP contribution in [0, 0.1) is 5.82 Å². The van der Waals surface area contributed by atoms with Crippen LogP contribution >= 0.6 is 0 Å². The number of carbonyl (C=O) groups excluding carboxylic acids is 2. The number of fused-ring (bicyclic) bond motifs is 1. The number of allylic oxidation sites excluding steroid dienone is 2. The number of pyridine rings is 1. The number of amides is 2. The summed E-state index contributed by atoms with van der Waals surface area (Å²) in [5.74, 6) is -2.31. The Labute approximate surface area is 185 Å². The predicted octanol–water partition coefficient (Wildman–Crippen LogP) is 1.98. The highest BCUT2D eigenvalue weighted by Crippen LogP contribution is 2.26. The molecular formula is C23H27FN4O4. The molecule has 9 heteroatoms. The molecule has 0 radical (unpaired) electrons. The Bertz CT molecular complexity index is 1110. The topological polar surface area (TPSA) is 104 Å². The average Bonchev–Trinajstić information content (AvgIpc) is 2.79. The van der Waals surface area contributed by atoms with E-state index < -0.39 is 28.8 Å². The van der Waals surface area contributed by atoms with Crippen molar-refractivity contribution in [2.45, 2.75) is 39.4 Å². The van der Waals surface area contributed by atoms with Gasteiger partial charge < -0.3 is 25.2 Å². The van der Waals surface area contributed by atoms with Gasteiger partial charge in [0.15, 0.2) is 11.4 Å². The molecule has 2 heterocycles. The lowest BCUT2D eigenvalue weighted by Crippen LogP contribution is -2.43. The van der Waals surface area contributed by atoms with Gasteiger partial charge in [-0.05, 0) is 45.0 Å². The number of nitrogens with one attached hydrogen (secondary N) is 2. The summed E-state index contributed by atoms with van der Waals surface area (Å²) < 4.78 is 14.5. The third-order valence-electron chi connectivity index (χ3n) is 5.61. The van der Waals surface area contributed by atoms with Gasteiger partial charge in [-0.15, -0.1) is 0 Å². The van der Waals surface area contributed by atoms with Crippen molar-refractivity contribution in [3.05, 3.63) is 75.1 Å². The van der Waals surface area contributed by atoms with E-state index in [9.17, 15) is 23.9 Å². The van der Waals surface area contributed by atoms with Crippen LogP contribution in [0.15, 0.2) is 47.0 Å². The van der Waals surface area contributed by atoms with E-state index in [0.717, 1.165) is 0 Å². The fourth-order valence-corrected chi connectivity index (χ4v) is 3.52. The maximum Gasteiger partial charge on any atom is 0.278 e. The van der Waals surface area contributed by atoms with Crippen molar-refractivity contribution in [3.63, 3.8) is 0 Å². The lowest BCUT2D eigenvalue weighted by atomic mass is 10.1. The Hall–Kier alpha value is -3.46. The number of aromatic hydroxyl groups is 1. The molecule has 0 aliphatic carbocycles. The third kappa shape index (κ3) is 4.72. The van der Waals surface area contributed by atoms with E-state index in [1.165, 1.54) is 35.0 Å². The maximum atomic E-state index is 13.1. The Morgan fingerprint density at radius 3 is 2.59 bits per heavy atom. The minimum Gasteiger partial charge on any atom is -0.503 e. The summed E-state index contributed by atoms with van der Waals surface area (Å²) in [5.41, 5.74) is 0.0571. The smallest absolute Gasteiger partial charge is 0.278 e. The number of halogens is 1. The van der Waals surface area contributed by atoms with Gasteiger partial charge in [-0.1, -0.05) is 18.2 Å². The zero-order valence-electron chi connectivity index (χ0n) is 18.3. The van der Waals surface area contributed by atoms with Gasteiger partial charge in [0.25, 0.3) is 11.8 Å². The average molecular weight is 442 g/mol. The molecule has 170 valence electrons. The first kappa shape index (κ1) is 23.2. The van der Waals surface area contributed by atoms with Gasteiger partial charge >= 0.3 is 0 Å². The molecule has 3 rings (SSSR count). The number of nitrogens with zero attached hydrogens (tertiary/aromatic N) is 2. The molecule has 0 fully saturated rings. The molecule has 1 aliphatic rings. The van der Waals surface area contributed by atoms with E-state index in [1.54, 1.807) is 17.9 Å². The van der Waals surface area contributed by atoms with E-state index >= 15 is 0 Å². The van der Waals surface area contributed by atoms with Crippen molar-refractivity contribution in [1.29, 1.82) is 0 Å². The van der Waals surface area contributed by atoms with Crippen molar-refractivity contribution < 1.29 is 19.1 Å². The molecule has 1 aromatic carbocycles. The van der Waals surface area contributed by atoms with E-state index in [0.29, 0.717) is 24.2 Å². The number of benzene rings is 1. The van der Waals surface area contributed by atoms with Crippen molar-refractivity contribution in [3.8, 4) is 5.75 Å². The van der Waals surface area contributed by atoms with E-state index in [1.807, 2.05) is 14.0 Å². The predicted molar refractivity (Wildman–Crippen MR) is 118 cm³/mol. The summed E-state index contributed by atoms with van der Waals surface area (Å²) in [5, 5.41) is 16.2. The van der Waals surface area contributed by atoms with Crippen LogP contribution in [-0.2, 0) is 13.1 Å². The molecule has 2 amide bonds. The molecule has 1 aromatic heterocycles. The molecule has 32 heavy (non-hydrogen) atoms. The van der Waals surface area contributed by atoms with Gasteiger partial charge in [0, 0.05) is 31.0 Å². The monoisotopic (exact) mass is 442 g/mol. The Balaban J connectivity index is 1.87. The molecule has 1 aliphatic heterocycles. The van der Waals surface area contributed by atoms with E-state index in [-0.39, 0.29) is 30.4 Å². The van der Waals surface area contributed by atoms with E-state index in [4.69, 9.17) is 0 Å². The fraction of sp³-hybridized carbons (Fsp3) is 0.348. The van der Waals surface area contributed by atoms with Crippen LogP contribution in [0.3, 0.4) is 0 Å². The van der Waals surface area contributed by atoms with Gasteiger partial charge in [-0.25, -0.2) is 4.39 Å². The zero-order valence-corrected chi connectivity index (χ0v) is 18.3. The Morgan fingerprint density at radius 2 is 1.97 bits per heavy atom. The Morgan fingerprint density at radius 1 is 1.28 bits per heavy atom. The first-order chi connectivity index (χ1) is 15.3. The van der Waals surface area contributed by atoms with Gasteiger partial charge in [0.1, 0.15) is 11.4 Å². The molecule has 3 N–H and O–H groups in total. The molecular weight excluding hydrogens is 415 g/mol. The molecule has 0 spiro atoms. The van der Waals surface area contributed by atoms with Gasteiger partial charge in [-0.3, -0.25) is 14.4 Å². The summed E-state index contributed by atoms with van der Waals surface area (Å²) in [6, 6.07) is 5.77. The highest BCUT2D eigenvalue weighted by Gasteiger charge is 2.33. The third-order valence-corrected chi connectivity index (χ3v) is 5.61. The number of carbonyl (C=O) groups is 2. The van der Waals surface area contributed by atoms with E-state index in [2.05, 4.69) is 10.6 Å². The molecule has 0 bridgehead atoms. The molecule has 0 saturated carbocycles. The van der Waals surface area contributed by atoms with Crippen LogP contribution in [0.2, 0.25) is 0 Å². The molecule has 8 nitrogen and oxygen atoms in total. The molecule has 0 saturated heterocycles. The fourth-order valence-electron chi connectivity index (χ4n) is 3.52. The second-order valence-electron chi connectivity index (χ2n) is 7.72. The van der Waals surface area contributed by atoms with Gasteiger partial charge in [-0.2, -0.15) is 0 Å². The quantitative estimate of drug-likeness (QED) is 0.608. The second kappa shape index (κ2) is 9.78. The minimum atomic E-state index is -0.909. The Kier molecular flexibility index (Phi) is 7.09. The number of hydrogen-bond acceptors (Lipinski definition) is 5. The standard InChI is InChI=1S/C23H27FN4O4/c1-4-17-12-27-13-18(22(31)26-11-15-5-7-16(24)8-6-15)20(29)21(30)19(27)23(32)28(17)10-9-14(2)25-3/h4-8,13-14,25,30H,9-12H2,1-3H3,(H,26,31)/b17-4+/t14-/m0/s1. The van der Waals surface area contributed by atoms with Crippen molar-refractivity contribution >= 4 is 11.8 Å². The summed E-state index contributed by atoms with van der Waals surface area (Å²) in [6.45, 7) is 4.54. The van der Waals surface area contributed by atoms with Crippen LogP contribution in [0.4, 0.5) is 4.39 Å². The molecule has 1 atom stereocenters. The highest BCUT2D eigenvalue weighted by molar-refractivity contribution is 5.99. The SMILES string of the molecule is C/C=C1\Cn2cc(C(=O)NCc3ccc(F)cc3)c(=O)c(O)c2C(=O)N1CC[C@H](C)NC. The first-order valence-corrected chi connectivity index (χ1v) is 10.4. The van der Waals surface area contributed by atoms with Crippen LogP contribution in [-0.4, -0.2) is 46.0 Å². The minimum absolute atomic E-state index is 0.0809. The summed E-state index contributed by atoms with van der Waals surface area (Å²) in [6.07, 6.45) is 3.79. The largest absolute Gasteiger partial charge is 0.503 e. The van der Waals surface area contributed by atoms with Crippen molar-refractivity contribution in [2.24, 2.45) is 0 Å². The summed E-state index contributed by atoms with van der Waals surface area (Å²) in [7, 11) is 1.84. The van der Waals surface area contributed by atoms with Gasteiger partial charge in [0.05, 0.1) is 6.54 Å². The maximum absolute atomic E-state index is 13.1. The number of hydrogen-bond donors (Lipinski definition) is 3. The summed E-state index contributed by atoms with van der Waals surface area (Å²) >= 11 is 0. The van der Waals surface area contributed by atoms with Crippen LogP contribution < -0.4 is 16.1 Å². The van der Waals surface area contributed by atoms with Crippen molar-refractivity contribution in [1.82, 2.24) is 20.1 Å². The van der Waals surface area contributed by atoms with Gasteiger partial charge in [0.2, 0.25) is 5.43 Å². The zero-order chi connectivity index (χ0) is 23.4. The first-order valence-electron chi connectivity index (χ1n) is 10.4. The lowest BCUT2D eigenvalue weighted by Gasteiger charge is -2.33.